The highest BCUT2D eigenvalue weighted by atomic mass is 16.5. The van der Waals surface area contributed by atoms with Gasteiger partial charge in [0, 0.05) is 51.5 Å². The molecule has 0 spiro atoms. The van der Waals surface area contributed by atoms with Crippen LogP contribution in [-0.4, -0.2) is 85.2 Å². The van der Waals surface area contributed by atoms with E-state index in [1.54, 1.807) is 11.8 Å². The number of likely N-dealkylation sites (N-methyl/N-ethyl adjacent to an activating group) is 1. The molecule has 0 radical (unpaired) electrons. The fourth-order valence-corrected chi connectivity index (χ4v) is 4.22. The van der Waals surface area contributed by atoms with E-state index in [0.717, 1.165) is 12.0 Å². The number of rotatable bonds is 8. The van der Waals surface area contributed by atoms with E-state index in [1.807, 2.05) is 49.1 Å². The van der Waals surface area contributed by atoms with Crippen molar-refractivity contribution in [2.75, 3.05) is 52.4 Å². The van der Waals surface area contributed by atoms with Gasteiger partial charge in [0.2, 0.25) is 0 Å². The lowest BCUT2D eigenvalue weighted by molar-refractivity contribution is -0.139. The van der Waals surface area contributed by atoms with Crippen LogP contribution in [0.1, 0.15) is 38.8 Å². The molecular formula is C24H35N5O4. The first-order valence-electron chi connectivity index (χ1n) is 11.8. The first-order chi connectivity index (χ1) is 16.0. The molecule has 9 nitrogen and oxygen atoms in total. The Morgan fingerprint density at radius 1 is 1.09 bits per heavy atom. The van der Waals surface area contributed by atoms with Crippen LogP contribution in [0.3, 0.4) is 0 Å². The Morgan fingerprint density at radius 2 is 1.79 bits per heavy atom. The normalized spacial score (nSPS) is 19.4. The third-order valence-electron chi connectivity index (χ3n) is 5.94. The summed E-state index contributed by atoms with van der Waals surface area (Å²) < 4.78 is 5.41. The van der Waals surface area contributed by atoms with Crippen molar-refractivity contribution in [3.63, 3.8) is 0 Å². The minimum Gasteiger partial charge on any atom is -0.463 e. The maximum atomic E-state index is 13.1. The fourth-order valence-electron chi connectivity index (χ4n) is 4.22. The molecule has 1 aromatic rings. The van der Waals surface area contributed by atoms with Crippen LogP contribution in [0.4, 0.5) is 9.59 Å². The van der Waals surface area contributed by atoms with E-state index in [-0.39, 0.29) is 18.7 Å². The van der Waals surface area contributed by atoms with Gasteiger partial charge in [0.1, 0.15) is 0 Å². The van der Waals surface area contributed by atoms with Crippen molar-refractivity contribution in [2.24, 2.45) is 0 Å². The topological polar surface area (TPSA) is 94.2 Å². The number of benzene rings is 1. The zero-order chi connectivity index (χ0) is 23.8. The highest BCUT2D eigenvalue weighted by Crippen LogP contribution is 2.32. The Morgan fingerprint density at radius 3 is 2.39 bits per heavy atom. The minimum absolute atomic E-state index is 0.0423. The van der Waals surface area contributed by atoms with Gasteiger partial charge in [-0.05, 0) is 25.8 Å². The average Bonchev–Trinajstić information content (AvgIpc) is 2.83. The van der Waals surface area contributed by atoms with E-state index in [1.165, 1.54) is 0 Å². The zero-order valence-electron chi connectivity index (χ0n) is 19.8. The molecule has 9 heteroatoms. The summed E-state index contributed by atoms with van der Waals surface area (Å²) in [5.74, 6) is -0.419. The summed E-state index contributed by atoms with van der Waals surface area (Å²) in [5.41, 5.74) is 1.96. The van der Waals surface area contributed by atoms with Gasteiger partial charge < -0.3 is 20.3 Å². The number of hydrogen-bond acceptors (Lipinski definition) is 5. The third-order valence-corrected chi connectivity index (χ3v) is 5.94. The number of carbonyl (C=O) groups is 3. The van der Waals surface area contributed by atoms with E-state index in [0.29, 0.717) is 57.1 Å². The molecule has 2 heterocycles. The van der Waals surface area contributed by atoms with Crippen LogP contribution in [0.5, 0.6) is 0 Å². The summed E-state index contributed by atoms with van der Waals surface area (Å²) in [5, 5.41) is 5.90. The maximum absolute atomic E-state index is 13.1. The van der Waals surface area contributed by atoms with E-state index in [9.17, 15) is 14.4 Å². The van der Waals surface area contributed by atoms with E-state index >= 15 is 0 Å². The Hall–Kier alpha value is -3.07. The first kappa shape index (κ1) is 24.6. The summed E-state index contributed by atoms with van der Waals surface area (Å²) in [6, 6.07) is 8.63. The van der Waals surface area contributed by atoms with Crippen LogP contribution < -0.4 is 10.6 Å². The molecule has 2 N–H and O–H groups in total. The molecule has 2 aliphatic heterocycles. The van der Waals surface area contributed by atoms with Crippen molar-refractivity contribution in [1.82, 2.24) is 25.3 Å². The van der Waals surface area contributed by atoms with Gasteiger partial charge in [0.05, 0.1) is 18.2 Å². The Balaban J connectivity index is 1.86. The molecule has 3 rings (SSSR count). The van der Waals surface area contributed by atoms with Crippen molar-refractivity contribution < 1.29 is 19.1 Å². The molecule has 0 aliphatic carbocycles. The SMILES string of the molecule is CCCNC(=O)N1CCN(CC2=C(C(=O)OCC)[C@H](c3ccccc3)NC(=O)N2CC)CC1. The number of nitrogens with zero attached hydrogens (tertiary/aromatic N) is 3. The van der Waals surface area contributed by atoms with Crippen molar-refractivity contribution in [3.05, 3.63) is 47.2 Å². The highest BCUT2D eigenvalue weighted by Gasteiger charge is 2.38. The predicted octanol–water partition coefficient (Wildman–Crippen LogP) is 2.33. The number of hydrogen-bond donors (Lipinski definition) is 2. The van der Waals surface area contributed by atoms with E-state index < -0.39 is 12.0 Å². The summed E-state index contributed by atoms with van der Waals surface area (Å²) >= 11 is 0. The number of nitrogens with one attached hydrogen (secondary N) is 2. The Kier molecular flexibility index (Phi) is 8.71. The second-order valence-electron chi connectivity index (χ2n) is 8.11. The van der Waals surface area contributed by atoms with Crippen LogP contribution in [-0.2, 0) is 9.53 Å². The summed E-state index contributed by atoms with van der Waals surface area (Å²) in [6.07, 6.45) is 0.897. The van der Waals surface area contributed by atoms with Gasteiger partial charge in [-0.1, -0.05) is 37.3 Å². The number of carbonyl (C=O) groups excluding carboxylic acids is 3. The van der Waals surface area contributed by atoms with E-state index in [4.69, 9.17) is 4.74 Å². The number of amides is 4. The van der Waals surface area contributed by atoms with Gasteiger partial charge in [0.15, 0.2) is 0 Å². The molecule has 1 atom stereocenters. The number of ether oxygens (including phenoxy) is 1. The molecule has 180 valence electrons. The molecule has 0 bridgehead atoms. The van der Waals surface area contributed by atoms with Gasteiger partial charge in [-0.25, -0.2) is 14.4 Å². The van der Waals surface area contributed by atoms with Crippen LogP contribution in [0, 0.1) is 0 Å². The molecule has 33 heavy (non-hydrogen) atoms. The smallest absolute Gasteiger partial charge is 0.338 e. The van der Waals surface area contributed by atoms with Crippen LogP contribution >= 0.6 is 0 Å². The van der Waals surface area contributed by atoms with Gasteiger partial charge in [-0.3, -0.25) is 9.80 Å². The lowest BCUT2D eigenvalue weighted by Gasteiger charge is -2.40. The molecule has 4 amide bonds. The first-order valence-corrected chi connectivity index (χ1v) is 11.8. The standard InChI is InChI=1S/C24H35N5O4/c1-4-12-25-23(31)28-15-13-27(14-16-28)17-19-20(22(30)33-6-3)21(18-10-8-7-9-11-18)26-24(32)29(19)5-2/h7-11,21H,4-6,12-17H2,1-3H3,(H,25,31)(H,26,32)/t21-/m0/s1. The van der Waals surface area contributed by atoms with Gasteiger partial charge in [0.25, 0.3) is 0 Å². The molecule has 1 saturated heterocycles. The van der Waals surface area contributed by atoms with Crippen molar-refractivity contribution >= 4 is 18.0 Å². The third kappa shape index (κ3) is 5.84. The van der Waals surface area contributed by atoms with Crippen molar-refractivity contribution in [1.29, 1.82) is 0 Å². The molecule has 0 aromatic heterocycles. The molecular weight excluding hydrogens is 422 g/mol. The van der Waals surface area contributed by atoms with Crippen molar-refractivity contribution in [2.45, 2.75) is 33.2 Å². The predicted molar refractivity (Wildman–Crippen MR) is 125 cm³/mol. The summed E-state index contributed by atoms with van der Waals surface area (Å²) in [4.78, 5) is 44.0. The number of esters is 1. The van der Waals surface area contributed by atoms with Gasteiger partial charge in [-0.15, -0.1) is 0 Å². The molecule has 2 aliphatic rings. The lowest BCUT2D eigenvalue weighted by atomic mass is 9.94. The highest BCUT2D eigenvalue weighted by molar-refractivity contribution is 5.95. The van der Waals surface area contributed by atoms with Crippen molar-refractivity contribution in [3.8, 4) is 0 Å². The second kappa shape index (κ2) is 11.7. The largest absolute Gasteiger partial charge is 0.463 e. The summed E-state index contributed by atoms with van der Waals surface area (Å²) in [7, 11) is 0. The Bertz CT molecular complexity index is 865. The number of piperazine rings is 1. The second-order valence-corrected chi connectivity index (χ2v) is 8.11. The Labute approximate surface area is 195 Å². The summed E-state index contributed by atoms with van der Waals surface area (Å²) in [6.45, 7) is 9.99. The van der Waals surface area contributed by atoms with Crippen LogP contribution in [0.25, 0.3) is 0 Å². The zero-order valence-corrected chi connectivity index (χ0v) is 19.8. The fraction of sp³-hybridized carbons (Fsp3) is 0.542. The minimum atomic E-state index is -0.573. The average molecular weight is 458 g/mol. The van der Waals surface area contributed by atoms with Crippen LogP contribution in [0.15, 0.2) is 41.6 Å². The monoisotopic (exact) mass is 457 g/mol. The lowest BCUT2D eigenvalue weighted by Crippen LogP contribution is -2.55. The van der Waals surface area contributed by atoms with Gasteiger partial charge >= 0.3 is 18.0 Å². The quantitative estimate of drug-likeness (QED) is 0.585. The molecule has 0 saturated carbocycles. The van der Waals surface area contributed by atoms with Crippen LogP contribution in [0.2, 0.25) is 0 Å². The molecule has 0 unspecified atom stereocenters. The van der Waals surface area contributed by atoms with Gasteiger partial charge in [-0.2, -0.15) is 0 Å². The molecule has 1 aromatic carbocycles. The number of urea groups is 2. The molecule has 1 fully saturated rings. The van der Waals surface area contributed by atoms with E-state index in [2.05, 4.69) is 15.5 Å². The maximum Gasteiger partial charge on any atom is 0.338 e.